The third kappa shape index (κ3) is 3.10. The zero-order valence-electron chi connectivity index (χ0n) is 8.67. The highest BCUT2D eigenvalue weighted by atomic mass is 19.3. The maximum Gasteiger partial charge on any atom is 0.284 e. The Bertz CT molecular complexity index is 190. The molecule has 0 aliphatic carbocycles. The molecule has 5 heteroatoms. The molecule has 0 aromatic rings. The molecule has 1 atom stereocenters. The first-order chi connectivity index (χ1) is 5.90. The Kier molecular flexibility index (Phi) is 3.57. The first-order valence-corrected chi connectivity index (χ1v) is 4.30. The molecule has 1 unspecified atom stereocenters. The van der Waals surface area contributed by atoms with Crippen LogP contribution in [0.25, 0.3) is 0 Å². The highest BCUT2D eigenvalue weighted by molar-refractivity contribution is 4.88. The summed E-state index contributed by atoms with van der Waals surface area (Å²) in [5, 5.41) is 0. The van der Waals surface area contributed by atoms with E-state index in [9.17, 15) is 22.0 Å². The molecule has 0 radical (unpaired) electrons. The lowest BCUT2D eigenvalue weighted by atomic mass is 9.84. The van der Waals surface area contributed by atoms with Gasteiger partial charge in [0.2, 0.25) is 0 Å². The fourth-order valence-electron chi connectivity index (χ4n) is 0.702. The van der Waals surface area contributed by atoms with Crippen molar-refractivity contribution in [2.24, 2.45) is 5.41 Å². The van der Waals surface area contributed by atoms with Crippen molar-refractivity contribution in [3.63, 3.8) is 0 Å². The van der Waals surface area contributed by atoms with Crippen LogP contribution in [0, 0.1) is 5.41 Å². The first kappa shape index (κ1) is 13.7. The zero-order chi connectivity index (χ0) is 11.8. The van der Waals surface area contributed by atoms with Crippen LogP contribution < -0.4 is 0 Å². The molecule has 0 rings (SSSR count). The van der Waals surface area contributed by atoms with E-state index >= 15 is 0 Å². The van der Waals surface area contributed by atoms with Gasteiger partial charge >= 0.3 is 0 Å². The van der Waals surface area contributed by atoms with E-state index in [4.69, 9.17) is 0 Å². The molecule has 86 valence electrons. The number of hydrogen-bond donors (Lipinski definition) is 0. The fourth-order valence-corrected chi connectivity index (χ4v) is 0.702. The van der Waals surface area contributed by atoms with Gasteiger partial charge in [-0.2, -0.15) is 0 Å². The van der Waals surface area contributed by atoms with Crippen molar-refractivity contribution >= 4 is 0 Å². The van der Waals surface area contributed by atoms with E-state index in [1.807, 2.05) is 0 Å². The van der Waals surface area contributed by atoms with Crippen LogP contribution in [0.5, 0.6) is 0 Å². The second-order valence-electron chi connectivity index (χ2n) is 4.51. The lowest BCUT2D eigenvalue weighted by Gasteiger charge is -2.33. The third-order valence-corrected chi connectivity index (χ3v) is 2.14. The number of rotatable bonds is 3. The minimum absolute atomic E-state index is 0.582. The molecule has 0 aromatic carbocycles. The summed E-state index contributed by atoms with van der Waals surface area (Å²) in [4.78, 5) is 0. The summed E-state index contributed by atoms with van der Waals surface area (Å²) in [7, 11) is 0. The van der Waals surface area contributed by atoms with Gasteiger partial charge < -0.3 is 0 Å². The monoisotopic (exact) mass is 218 g/mol. The summed E-state index contributed by atoms with van der Waals surface area (Å²) in [5.41, 5.74) is -1.59. The van der Waals surface area contributed by atoms with Crippen molar-refractivity contribution < 1.29 is 22.0 Å². The van der Waals surface area contributed by atoms with Crippen LogP contribution in [0.1, 0.15) is 34.1 Å². The predicted octanol–water partition coefficient (Wildman–Crippen LogP) is 4.05. The van der Waals surface area contributed by atoms with Crippen LogP contribution >= 0.6 is 0 Å². The molecule has 0 saturated carbocycles. The summed E-state index contributed by atoms with van der Waals surface area (Å²) in [6.07, 6.45) is -4.31. The summed E-state index contributed by atoms with van der Waals surface area (Å²) in [6, 6.07) is 0. The van der Waals surface area contributed by atoms with Gasteiger partial charge in [-0.3, -0.25) is 0 Å². The molecule has 0 aliphatic rings. The lowest BCUT2D eigenvalue weighted by molar-refractivity contribution is -0.181. The van der Waals surface area contributed by atoms with Crippen LogP contribution in [-0.2, 0) is 0 Å². The van der Waals surface area contributed by atoms with Crippen molar-refractivity contribution in [3.05, 3.63) is 0 Å². The van der Waals surface area contributed by atoms with Gasteiger partial charge in [-0.05, 0) is 6.92 Å². The summed E-state index contributed by atoms with van der Waals surface area (Å²) in [6.45, 7) is 4.02. The normalized spacial score (nSPS) is 16.9. The van der Waals surface area contributed by atoms with Gasteiger partial charge in [0.25, 0.3) is 11.8 Å². The number of hydrogen-bond acceptors (Lipinski definition) is 0. The van der Waals surface area contributed by atoms with Crippen LogP contribution in [-0.4, -0.2) is 18.0 Å². The Morgan fingerprint density at radius 2 is 1.36 bits per heavy atom. The second-order valence-corrected chi connectivity index (χ2v) is 4.51. The highest BCUT2D eigenvalue weighted by Crippen LogP contribution is 2.44. The Hall–Kier alpha value is -0.350. The van der Waals surface area contributed by atoms with Gasteiger partial charge in [0.05, 0.1) is 6.42 Å². The summed E-state index contributed by atoms with van der Waals surface area (Å²) < 4.78 is 64.0. The Balaban J connectivity index is 4.67. The zero-order valence-corrected chi connectivity index (χ0v) is 8.67. The SMILES string of the molecule is CC(F)C(F)(F)CC(F)(F)C(C)(C)C. The van der Waals surface area contributed by atoms with E-state index < -0.39 is 29.9 Å². The molecular formula is C9H15F5. The molecule has 0 bridgehead atoms. The van der Waals surface area contributed by atoms with Crippen molar-refractivity contribution in [2.45, 2.75) is 52.1 Å². The summed E-state index contributed by atoms with van der Waals surface area (Å²) >= 11 is 0. The van der Waals surface area contributed by atoms with Crippen LogP contribution in [0.4, 0.5) is 22.0 Å². The van der Waals surface area contributed by atoms with E-state index in [0.29, 0.717) is 6.92 Å². The Morgan fingerprint density at radius 1 is 1.00 bits per heavy atom. The van der Waals surface area contributed by atoms with E-state index in [1.165, 1.54) is 0 Å². The average Bonchev–Trinajstić information content (AvgIpc) is 1.80. The van der Waals surface area contributed by atoms with Crippen LogP contribution in [0.15, 0.2) is 0 Å². The minimum Gasteiger partial charge on any atom is -0.241 e. The maximum absolute atomic E-state index is 13.1. The van der Waals surface area contributed by atoms with Crippen molar-refractivity contribution in [1.82, 2.24) is 0 Å². The van der Waals surface area contributed by atoms with Gasteiger partial charge in [0, 0.05) is 5.41 Å². The van der Waals surface area contributed by atoms with Gasteiger partial charge in [-0.1, -0.05) is 20.8 Å². The van der Waals surface area contributed by atoms with Crippen molar-refractivity contribution in [1.29, 1.82) is 0 Å². The van der Waals surface area contributed by atoms with Crippen LogP contribution in [0.2, 0.25) is 0 Å². The molecule has 0 N–H and O–H groups in total. The minimum atomic E-state index is -3.98. The maximum atomic E-state index is 13.1. The first-order valence-electron chi connectivity index (χ1n) is 4.30. The molecule has 0 amide bonds. The molecule has 0 aromatic heterocycles. The lowest BCUT2D eigenvalue weighted by Crippen LogP contribution is -2.42. The van der Waals surface area contributed by atoms with Gasteiger partial charge in [0.15, 0.2) is 6.17 Å². The standard InChI is InChI=1S/C9H15F5/c1-6(10)8(11,12)5-9(13,14)7(2,3)4/h6H,5H2,1-4H3. The second kappa shape index (κ2) is 3.66. The Morgan fingerprint density at radius 3 is 1.57 bits per heavy atom. The average molecular weight is 218 g/mol. The Labute approximate surface area is 80.5 Å². The molecular weight excluding hydrogens is 203 g/mol. The highest BCUT2D eigenvalue weighted by Gasteiger charge is 2.53. The van der Waals surface area contributed by atoms with Crippen molar-refractivity contribution in [3.8, 4) is 0 Å². The van der Waals surface area contributed by atoms with Gasteiger partial charge in [0.1, 0.15) is 0 Å². The van der Waals surface area contributed by atoms with Gasteiger partial charge in [-0.25, -0.2) is 22.0 Å². The summed E-state index contributed by atoms with van der Waals surface area (Å²) in [5.74, 6) is -7.56. The van der Waals surface area contributed by atoms with E-state index in [2.05, 4.69) is 0 Å². The quantitative estimate of drug-likeness (QED) is 0.627. The third-order valence-electron chi connectivity index (χ3n) is 2.14. The molecule has 0 fully saturated rings. The van der Waals surface area contributed by atoms with E-state index in [-0.39, 0.29) is 0 Å². The molecule has 0 spiro atoms. The number of alkyl halides is 5. The number of halogens is 5. The van der Waals surface area contributed by atoms with Gasteiger partial charge in [-0.15, -0.1) is 0 Å². The van der Waals surface area contributed by atoms with E-state index in [0.717, 1.165) is 20.8 Å². The van der Waals surface area contributed by atoms with Crippen molar-refractivity contribution in [2.75, 3.05) is 0 Å². The smallest absolute Gasteiger partial charge is 0.241 e. The molecule has 14 heavy (non-hydrogen) atoms. The predicted molar refractivity (Wildman–Crippen MR) is 44.5 cm³/mol. The molecule has 0 nitrogen and oxygen atoms in total. The molecule has 0 aliphatic heterocycles. The largest absolute Gasteiger partial charge is 0.284 e. The topological polar surface area (TPSA) is 0 Å². The molecule has 0 heterocycles. The van der Waals surface area contributed by atoms with Crippen LogP contribution in [0.3, 0.4) is 0 Å². The molecule has 0 saturated heterocycles. The van der Waals surface area contributed by atoms with E-state index in [1.54, 1.807) is 0 Å². The fraction of sp³-hybridized carbons (Fsp3) is 1.00.